The number of benzene rings is 2. The van der Waals surface area contributed by atoms with Crippen molar-refractivity contribution in [3.63, 3.8) is 0 Å². The van der Waals surface area contributed by atoms with Crippen molar-refractivity contribution in [3.8, 4) is 0 Å². The quantitative estimate of drug-likeness (QED) is 0.239. The second-order valence-corrected chi connectivity index (χ2v) is 7.68. The first-order valence-corrected chi connectivity index (χ1v) is 9.67. The number of amides is 1. The molecule has 0 saturated carbocycles. The number of nitrogen functional groups attached to an aromatic ring is 1. The van der Waals surface area contributed by atoms with Crippen LogP contribution in [0.5, 0.6) is 0 Å². The van der Waals surface area contributed by atoms with Crippen LogP contribution < -0.4 is 10.6 Å². The van der Waals surface area contributed by atoms with Gasteiger partial charge >= 0.3 is 24.2 Å². The van der Waals surface area contributed by atoms with Crippen molar-refractivity contribution in [2.24, 2.45) is 0 Å². The van der Waals surface area contributed by atoms with E-state index in [1.807, 2.05) is 0 Å². The molecule has 0 aliphatic heterocycles. The number of carbonyl (C=O) groups excluding carboxylic acids is 1. The maximum atomic E-state index is 15.1. The van der Waals surface area contributed by atoms with Crippen molar-refractivity contribution in [1.29, 1.82) is 0 Å². The molecule has 2 N–H and O–H groups in total. The molecule has 0 aromatic heterocycles. The van der Waals surface area contributed by atoms with E-state index in [-0.39, 0.29) is 12.1 Å². The number of methoxy groups -OCH3 is 1. The smallest absolute Gasteiger partial charge is 0.396 e. The monoisotopic (exact) mass is 588 g/mol. The summed E-state index contributed by atoms with van der Waals surface area (Å²) in [4.78, 5) is 12.6. The van der Waals surface area contributed by atoms with Crippen molar-refractivity contribution < 1.29 is 57.8 Å². The molecule has 0 fully saturated rings. The average Bonchev–Trinajstić information content (AvgIpc) is 2.70. The number of anilines is 2. The molecule has 2 aromatic carbocycles. The number of ether oxygens (including phenoxy) is 1. The first kappa shape index (κ1) is 28.6. The van der Waals surface area contributed by atoms with Gasteiger partial charge in [0.2, 0.25) is 0 Å². The molecule has 0 saturated heterocycles. The Labute approximate surface area is 197 Å². The maximum Gasteiger partial charge on any atom is 0.436 e. The summed E-state index contributed by atoms with van der Waals surface area (Å²) in [6.45, 7) is -1.44. The summed E-state index contributed by atoms with van der Waals surface area (Å²) in [6, 6.07) is 2.62. The maximum absolute atomic E-state index is 15.1. The topological polar surface area (TPSA) is 55.6 Å². The van der Waals surface area contributed by atoms with E-state index in [1.54, 1.807) is 0 Å². The average molecular weight is 589 g/mol. The zero-order valence-electron chi connectivity index (χ0n) is 17.0. The first-order valence-electron chi connectivity index (χ1n) is 8.88. The van der Waals surface area contributed by atoms with Crippen LogP contribution in [0, 0.1) is 5.82 Å². The lowest BCUT2D eigenvalue weighted by atomic mass is 9.89. The minimum atomic E-state index is -6.85. The molecule has 16 heteroatoms. The highest BCUT2D eigenvalue weighted by Gasteiger charge is 2.75. The van der Waals surface area contributed by atoms with Gasteiger partial charge in [0.15, 0.2) is 5.82 Å². The number of hydrogen-bond donors (Lipinski definition) is 1. The van der Waals surface area contributed by atoms with Gasteiger partial charge in [-0.15, -0.1) is 0 Å². The lowest BCUT2D eigenvalue weighted by Gasteiger charge is -2.36. The lowest BCUT2D eigenvalue weighted by molar-refractivity contribution is -0.348. The summed E-state index contributed by atoms with van der Waals surface area (Å²) in [7, 11) is 0.719. The molecule has 35 heavy (non-hydrogen) atoms. The van der Waals surface area contributed by atoms with E-state index in [9.17, 15) is 48.7 Å². The molecule has 0 heterocycles. The van der Waals surface area contributed by atoms with Crippen LogP contribution in [-0.4, -0.2) is 32.1 Å². The molecule has 0 aliphatic carbocycles. The van der Waals surface area contributed by atoms with Gasteiger partial charge in [0.25, 0.3) is 5.91 Å². The van der Waals surface area contributed by atoms with Crippen LogP contribution in [0.15, 0.2) is 34.8 Å². The Morgan fingerprint density at radius 1 is 0.971 bits per heavy atom. The summed E-state index contributed by atoms with van der Waals surface area (Å²) in [5, 5.41) is 0. The fourth-order valence-electron chi connectivity index (χ4n) is 3.06. The van der Waals surface area contributed by atoms with Crippen LogP contribution in [0.4, 0.5) is 59.7 Å². The molecule has 0 atom stereocenters. The number of carbonyl (C=O) groups is 1. The normalized spacial score (nSPS) is 13.2. The summed E-state index contributed by atoms with van der Waals surface area (Å²) in [5.74, 6) is -3.44. The van der Waals surface area contributed by atoms with Crippen molar-refractivity contribution in [3.05, 3.63) is 57.3 Å². The molecule has 0 bridgehead atoms. The van der Waals surface area contributed by atoms with Gasteiger partial charge in [-0.1, -0.05) is 22.0 Å². The van der Waals surface area contributed by atoms with E-state index < -0.39 is 80.1 Å². The van der Waals surface area contributed by atoms with E-state index in [0.717, 1.165) is 19.2 Å². The number of nitrogens with zero attached hydrogens (tertiary/aromatic N) is 1. The van der Waals surface area contributed by atoms with E-state index in [2.05, 4.69) is 20.7 Å². The summed E-state index contributed by atoms with van der Waals surface area (Å²) in [5.41, 5.74) is -10.1. The van der Waals surface area contributed by atoms with Crippen molar-refractivity contribution >= 4 is 33.2 Å². The minimum absolute atomic E-state index is 0.0156. The lowest BCUT2D eigenvalue weighted by Crippen LogP contribution is -2.52. The van der Waals surface area contributed by atoms with Gasteiger partial charge in [-0.3, -0.25) is 9.69 Å². The van der Waals surface area contributed by atoms with Crippen LogP contribution in [0.1, 0.15) is 21.5 Å². The second-order valence-electron chi connectivity index (χ2n) is 6.83. The van der Waals surface area contributed by atoms with Gasteiger partial charge in [-0.2, -0.15) is 39.5 Å². The largest absolute Gasteiger partial charge is 0.436 e. The first-order chi connectivity index (χ1) is 15.8. The van der Waals surface area contributed by atoms with E-state index >= 15 is 4.39 Å². The third-order valence-corrected chi connectivity index (χ3v) is 5.25. The Kier molecular flexibility index (Phi) is 7.72. The SMILES string of the molecule is COCN(C(=O)c1cccc(N)c1F)c1c(C(F)(F)F)ccc(Br)c1C(F)(C(F)(F)F)C(F)(F)F. The highest BCUT2D eigenvalue weighted by Crippen LogP contribution is 2.58. The molecule has 2 aromatic rings. The third-order valence-electron chi connectivity index (χ3n) is 4.59. The van der Waals surface area contributed by atoms with E-state index in [1.165, 1.54) is 0 Å². The second kappa shape index (κ2) is 9.44. The van der Waals surface area contributed by atoms with Gasteiger partial charge in [0, 0.05) is 17.1 Å². The Balaban J connectivity index is 3.10. The minimum Gasteiger partial charge on any atom is -0.396 e. The van der Waals surface area contributed by atoms with Crippen LogP contribution in [0.25, 0.3) is 0 Å². The molecular weight excluding hydrogens is 577 g/mol. The predicted octanol–water partition coefficient (Wildman–Crippen LogP) is 6.73. The summed E-state index contributed by atoms with van der Waals surface area (Å²) >= 11 is 2.24. The molecule has 2 rings (SSSR count). The van der Waals surface area contributed by atoms with Crippen molar-refractivity contribution in [2.45, 2.75) is 24.2 Å². The van der Waals surface area contributed by atoms with Crippen LogP contribution >= 0.6 is 15.9 Å². The van der Waals surface area contributed by atoms with Gasteiger partial charge in [0.05, 0.1) is 22.5 Å². The van der Waals surface area contributed by atoms with E-state index in [4.69, 9.17) is 5.73 Å². The zero-order chi connectivity index (χ0) is 27.1. The van der Waals surface area contributed by atoms with Gasteiger partial charge < -0.3 is 10.5 Å². The Hall–Kier alpha value is -2.62. The molecule has 0 unspecified atom stereocenters. The molecule has 4 nitrogen and oxygen atoms in total. The molecule has 1 amide bonds. The van der Waals surface area contributed by atoms with Crippen LogP contribution in [-0.2, 0) is 16.6 Å². The highest BCUT2D eigenvalue weighted by atomic mass is 79.9. The van der Waals surface area contributed by atoms with Gasteiger partial charge in [0.1, 0.15) is 6.73 Å². The molecule has 0 radical (unpaired) electrons. The standard InChI is InChI=1S/C19H12BrF11N2O2/c1-35-7-33(15(34)8-3-2-4-11(32)13(8)21)14-9(17(23,24)25)5-6-10(20)12(14)16(22,18(26,27)28)19(29,30)31/h2-6H,7,32H2,1H3. The fourth-order valence-corrected chi connectivity index (χ4v) is 3.65. The summed E-state index contributed by atoms with van der Waals surface area (Å²) < 4.78 is 155. The number of alkyl halides is 10. The zero-order valence-corrected chi connectivity index (χ0v) is 18.6. The number of nitrogens with two attached hydrogens (primary N) is 1. The fraction of sp³-hybridized carbons (Fsp3) is 0.316. The molecular formula is C19H12BrF11N2O2. The summed E-state index contributed by atoms with van der Waals surface area (Å²) in [6.07, 6.45) is -19.4. The predicted molar refractivity (Wildman–Crippen MR) is 104 cm³/mol. The Morgan fingerprint density at radius 3 is 1.97 bits per heavy atom. The Morgan fingerprint density at radius 2 is 1.51 bits per heavy atom. The van der Waals surface area contributed by atoms with Crippen molar-refractivity contribution in [2.75, 3.05) is 24.5 Å². The molecule has 194 valence electrons. The van der Waals surface area contributed by atoms with E-state index in [0.29, 0.717) is 6.07 Å². The molecule has 0 spiro atoms. The number of rotatable bonds is 5. The Bertz CT molecular complexity index is 1100. The van der Waals surface area contributed by atoms with Crippen LogP contribution in [0.2, 0.25) is 0 Å². The van der Waals surface area contributed by atoms with Crippen LogP contribution in [0.3, 0.4) is 0 Å². The number of halogens is 12. The van der Waals surface area contributed by atoms with Gasteiger partial charge in [-0.05, 0) is 24.3 Å². The third kappa shape index (κ3) is 5.03. The highest BCUT2D eigenvalue weighted by molar-refractivity contribution is 9.10. The molecule has 0 aliphatic rings. The van der Waals surface area contributed by atoms with Crippen molar-refractivity contribution in [1.82, 2.24) is 0 Å². The number of hydrogen-bond acceptors (Lipinski definition) is 3. The van der Waals surface area contributed by atoms with Gasteiger partial charge in [-0.25, -0.2) is 8.78 Å².